The van der Waals surface area contributed by atoms with E-state index in [1.165, 1.54) is 18.9 Å². The minimum absolute atomic E-state index is 0.0694. The van der Waals surface area contributed by atoms with Crippen molar-refractivity contribution >= 4 is 17.9 Å². The van der Waals surface area contributed by atoms with Crippen molar-refractivity contribution in [1.82, 2.24) is 15.5 Å². The minimum Gasteiger partial charge on any atom is -0.467 e. The summed E-state index contributed by atoms with van der Waals surface area (Å²) in [5, 5.41) is 5.02. The van der Waals surface area contributed by atoms with Crippen LogP contribution in [0.1, 0.15) is 26.3 Å². The standard InChI is InChI=1S/C12H15NO3.C4H10N2O.C2H6/c1-9(14)13-11(12(15)16-2)8-10-6-4-3-5-7-10;1-5-4(7)6(2)3;1-2/h3-7,11H,8H2,1-2H3,(H,13,14);1-3H3,(H,5,7);1-2H3. The lowest BCUT2D eigenvalue weighted by Gasteiger charge is -2.15. The van der Waals surface area contributed by atoms with E-state index in [0.717, 1.165) is 5.56 Å². The average molecular weight is 353 g/mol. The fourth-order valence-corrected chi connectivity index (χ4v) is 1.65. The molecule has 25 heavy (non-hydrogen) atoms. The third kappa shape index (κ3) is 12.5. The van der Waals surface area contributed by atoms with E-state index in [4.69, 9.17) is 0 Å². The molecule has 2 N–H and O–H groups in total. The first-order valence-corrected chi connectivity index (χ1v) is 8.09. The Morgan fingerprint density at radius 3 is 1.96 bits per heavy atom. The van der Waals surface area contributed by atoms with Gasteiger partial charge in [0.25, 0.3) is 0 Å². The van der Waals surface area contributed by atoms with E-state index in [2.05, 4.69) is 15.4 Å². The molecule has 3 amide bonds. The maximum absolute atomic E-state index is 11.4. The zero-order valence-corrected chi connectivity index (χ0v) is 16.3. The molecule has 0 saturated heterocycles. The smallest absolute Gasteiger partial charge is 0.328 e. The Bertz CT molecular complexity index is 504. The fraction of sp³-hybridized carbons (Fsp3) is 0.500. The molecule has 0 fully saturated rings. The molecule has 0 aliphatic heterocycles. The van der Waals surface area contributed by atoms with Crippen LogP contribution in [0.15, 0.2) is 30.3 Å². The summed E-state index contributed by atoms with van der Waals surface area (Å²) in [7, 11) is 6.29. The van der Waals surface area contributed by atoms with Crippen LogP contribution in [0.5, 0.6) is 0 Å². The van der Waals surface area contributed by atoms with Gasteiger partial charge in [-0.1, -0.05) is 44.2 Å². The molecule has 0 saturated carbocycles. The topological polar surface area (TPSA) is 87.7 Å². The molecular formula is C18H31N3O4. The molecule has 142 valence electrons. The third-order valence-corrected chi connectivity index (χ3v) is 2.77. The largest absolute Gasteiger partial charge is 0.467 e. The quantitative estimate of drug-likeness (QED) is 0.808. The van der Waals surface area contributed by atoms with Crippen molar-refractivity contribution < 1.29 is 19.1 Å². The van der Waals surface area contributed by atoms with Crippen molar-refractivity contribution in [1.29, 1.82) is 0 Å². The lowest BCUT2D eigenvalue weighted by Crippen LogP contribution is -2.41. The van der Waals surface area contributed by atoms with Crippen molar-refractivity contribution in [2.45, 2.75) is 33.2 Å². The van der Waals surface area contributed by atoms with Crippen molar-refractivity contribution in [2.75, 3.05) is 28.3 Å². The predicted octanol–water partition coefficient (Wildman–Crippen LogP) is 1.82. The molecule has 1 rings (SSSR count). The second-order valence-electron chi connectivity index (χ2n) is 4.92. The van der Waals surface area contributed by atoms with Crippen LogP contribution >= 0.6 is 0 Å². The normalized spacial score (nSPS) is 9.88. The summed E-state index contributed by atoms with van der Waals surface area (Å²) >= 11 is 0. The van der Waals surface area contributed by atoms with Gasteiger partial charge in [-0.25, -0.2) is 9.59 Å². The highest BCUT2D eigenvalue weighted by atomic mass is 16.5. The number of urea groups is 1. The molecule has 1 aromatic rings. The monoisotopic (exact) mass is 353 g/mol. The first-order chi connectivity index (χ1) is 11.8. The second kappa shape index (κ2) is 15.0. The molecule has 7 nitrogen and oxygen atoms in total. The van der Waals surface area contributed by atoms with Gasteiger partial charge in [-0.2, -0.15) is 0 Å². The van der Waals surface area contributed by atoms with E-state index in [1.807, 2.05) is 44.2 Å². The SMILES string of the molecule is CC.CNC(=O)N(C)C.COC(=O)C(Cc1ccccc1)NC(C)=O. The number of hydrogen-bond donors (Lipinski definition) is 2. The zero-order chi connectivity index (χ0) is 19.8. The number of carbonyl (C=O) groups is 3. The summed E-state index contributed by atoms with van der Waals surface area (Å²) in [6.45, 7) is 5.38. The summed E-state index contributed by atoms with van der Waals surface area (Å²) in [5.41, 5.74) is 0.978. The summed E-state index contributed by atoms with van der Waals surface area (Å²) in [4.78, 5) is 34.2. The number of methoxy groups -OCH3 is 1. The van der Waals surface area contributed by atoms with Gasteiger partial charge in [-0.3, -0.25) is 4.79 Å². The molecule has 0 spiro atoms. The van der Waals surface area contributed by atoms with Crippen LogP contribution < -0.4 is 10.6 Å². The molecule has 0 aliphatic carbocycles. The Hall–Kier alpha value is -2.57. The van der Waals surface area contributed by atoms with E-state index in [0.29, 0.717) is 6.42 Å². The number of hydrogen-bond acceptors (Lipinski definition) is 4. The summed E-state index contributed by atoms with van der Waals surface area (Å²) in [5.74, 6) is -0.676. The number of nitrogens with zero attached hydrogens (tertiary/aromatic N) is 1. The Labute approximate surface area is 150 Å². The first kappa shape index (κ1) is 24.7. The van der Waals surface area contributed by atoms with Crippen LogP contribution in [0.2, 0.25) is 0 Å². The molecule has 0 aromatic heterocycles. The molecular weight excluding hydrogens is 322 g/mol. The van der Waals surface area contributed by atoms with Gasteiger partial charge in [0.05, 0.1) is 7.11 Å². The number of carbonyl (C=O) groups excluding carboxylic acids is 3. The zero-order valence-electron chi connectivity index (χ0n) is 16.3. The van der Waals surface area contributed by atoms with Gasteiger partial charge in [-0.15, -0.1) is 0 Å². The maximum Gasteiger partial charge on any atom is 0.328 e. The minimum atomic E-state index is -0.620. The molecule has 0 heterocycles. The molecule has 0 aliphatic rings. The Morgan fingerprint density at radius 2 is 1.64 bits per heavy atom. The summed E-state index contributed by atoms with van der Waals surface area (Å²) in [6.07, 6.45) is 0.438. The molecule has 1 aromatic carbocycles. The lowest BCUT2D eigenvalue weighted by molar-refractivity contribution is -0.144. The Kier molecular flexibility index (Phi) is 14.8. The maximum atomic E-state index is 11.4. The van der Waals surface area contributed by atoms with Crippen LogP contribution in [0.4, 0.5) is 4.79 Å². The van der Waals surface area contributed by atoms with Crippen LogP contribution in [0.3, 0.4) is 0 Å². The first-order valence-electron chi connectivity index (χ1n) is 8.09. The van der Waals surface area contributed by atoms with Gasteiger partial charge in [0.2, 0.25) is 5.91 Å². The van der Waals surface area contributed by atoms with Gasteiger partial charge in [0.15, 0.2) is 0 Å². The number of amides is 3. The van der Waals surface area contributed by atoms with E-state index in [-0.39, 0.29) is 11.9 Å². The molecule has 0 bridgehead atoms. The Balaban J connectivity index is 0. The Morgan fingerprint density at radius 1 is 1.12 bits per heavy atom. The summed E-state index contributed by atoms with van der Waals surface area (Å²) < 4.78 is 4.63. The highest BCUT2D eigenvalue weighted by Crippen LogP contribution is 2.04. The van der Waals surface area contributed by atoms with E-state index in [9.17, 15) is 14.4 Å². The number of nitrogens with one attached hydrogen (secondary N) is 2. The molecule has 1 atom stereocenters. The number of ether oxygens (including phenoxy) is 1. The number of esters is 1. The van der Waals surface area contributed by atoms with Crippen LogP contribution in [0, 0.1) is 0 Å². The average Bonchev–Trinajstić information content (AvgIpc) is 2.62. The van der Waals surface area contributed by atoms with Crippen molar-refractivity contribution in [3.05, 3.63) is 35.9 Å². The summed E-state index contributed by atoms with van der Waals surface area (Å²) in [6, 6.07) is 8.78. The van der Waals surface area contributed by atoms with Crippen LogP contribution in [0.25, 0.3) is 0 Å². The molecule has 1 unspecified atom stereocenters. The third-order valence-electron chi connectivity index (χ3n) is 2.77. The van der Waals surface area contributed by atoms with E-state index < -0.39 is 12.0 Å². The van der Waals surface area contributed by atoms with Gasteiger partial charge in [0, 0.05) is 34.5 Å². The van der Waals surface area contributed by atoms with Crippen LogP contribution in [-0.2, 0) is 20.7 Å². The van der Waals surface area contributed by atoms with Crippen molar-refractivity contribution in [3.8, 4) is 0 Å². The molecule has 7 heteroatoms. The van der Waals surface area contributed by atoms with Crippen molar-refractivity contribution in [2.24, 2.45) is 0 Å². The van der Waals surface area contributed by atoms with Gasteiger partial charge in [-0.05, 0) is 5.56 Å². The second-order valence-corrected chi connectivity index (χ2v) is 4.92. The lowest BCUT2D eigenvalue weighted by atomic mass is 10.1. The highest BCUT2D eigenvalue weighted by Gasteiger charge is 2.20. The molecule has 0 radical (unpaired) electrons. The van der Waals surface area contributed by atoms with Gasteiger partial charge in [0.1, 0.15) is 6.04 Å². The van der Waals surface area contributed by atoms with E-state index in [1.54, 1.807) is 21.1 Å². The van der Waals surface area contributed by atoms with Gasteiger partial charge >= 0.3 is 12.0 Å². The highest BCUT2D eigenvalue weighted by molar-refractivity contribution is 5.83. The van der Waals surface area contributed by atoms with Crippen LogP contribution in [-0.4, -0.2) is 57.1 Å². The predicted molar refractivity (Wildman–Crippen MR) is 99.3 cm³/mol. The van der Waals surface area contributed by atoms with E-state index >= 15 is 0 Å². The van der Waals surface area contributed by atoms with Crippen molar-refractivity contribution in [3.63, 3.8) is 0 Å². The number of benzene rings is 1. The van der Waals surface area contributed by atoms with Gasteiger partial charge < -0.3 is 20.3 Å². The number of rotatable bonds is 4. The fourth-order valence-electron chi connectivity index (χ4n) is 1.65.